The lowest BCUT2D eigenvalue weighted by Gasteiger charge is -2.16. The molecule has 0 aliphatic rings. The molecule has 0 spiro atoms. The first kappa shape index (κ1) is 15.4. The Hall–Kier alpha value is -2.01. The van der Waals surface area contributed by atoms with E-state index in [1.807, 2.05) is 37.3 Å². The highest BCUT2D eigenvalue weighted by molar-refractivity contribution is 9.10. The zero-order valence-corrected chi connectivity index (χ0v) is 13.5. The van der Waals surface area contributed by atoms with Crippen molar-refractivity contribution in [2.75, 3.05) is 11.1 Å². The summed E-state index contributed by atoms with van der Waals surface area (Å²) in [4.78, 5) is 12.1. The minimum Gasteiger partial charge on any atom is -0.481 e. The highest BCUT2D eigenvalue weighted by Gasteiger charge is 2.15. The fourth-order valence-electron chi connectivity index (χ4n) is 1.83. The molecule has 2 aromatic carbocycles. The quantitative estimate of drug-likeness (QED) is 0.827. The van der Waals surface area contributed by atoms with E-state index in [1.54, 1.807) is 19.1 Å². The van der Waals surface area contributed by atoms with Crippen molar-refractivity contribution in [1.29, 1.82) is 0 Å². The van der Waals surface area contributed by atoms with Gasteiger partial charge in [-0.3, -0.25) is 4.79 Å². The first-order chi connectivity index (χ1) is 9.95. The number of nitrogen functional groups attached to an aromatic ring is 1. The molecule has 1 unspecified atom stereocenters. The molecule has 0 aliphatic heterocycles. The Labute approximate surface area is 132 Å². The number of ether oxygens (including phenoxy) is 1. The van der Waals surface area contributed by atoms with Gasteiger partial charge in [-0.2, -0.15) is 0 Å². The van der Waals surface area contributed by atoms with Crippen LogP contribution in [0.5, 0.6) is 5.75 Å². The third kappa shape index (κ3) is 4.23. The topological polar surface area (TPSA) is 64.3 Å². The lowest BCUT2D eigenvalue weighted by molar-refractivity contribution is -0.122. The van der Waals surface area contributed by atoms with Crippen molar-refractivity contribution in [3.8, 4) is 5.75 Å². The molecule has 0 radical (unpaired) electrons. The first-order valence-corrected chi connectivity index (χ1v) is 7.34. The maximum Gasteiger partial charge on any atom is 0.265 e. The number of amides is 1. The number of carbonyl (C=O) groups is 1. The Balaban J connectivity index is 2.00. The molecule has 2 rings (SSSR count). The number of aryl methyl sites for hydroxylation is 1. The largest absolute Gasteiger partial charge is 0.481 e. The molecular formula is C16H17BrN2O2. The monoisotopic (exact) mass is 348 g/mol. The van der Waals surface area contributed by atoms with Gasteiger partial charge in [0.05, 0.1) is 0 Å². The number of carbonyl (C=O) groups excluding carboxylic acids is 1. The fraction of sp³-hybridized carbons (Fsp3) is 0.188. The molecule has 0 aromatic heterocycles. The molecule has 0 saturated carbocycles. The molecule has 21 heavy (non-hydrogen) atoms. The van der Waals surface area contributed by atoms with Crippen LogP contribution < -0.4 is 15.8 Å². The number of nitrogens with two attached hydrogens (primary N) is 1. The third-order valence-corrected chi connectivity index (χ3v) is 3.53. The van der Waals surface area contributed by atoms with Crippen LogP contribution >= 0.6 is 15.9 Å². The molecule has 3 N–H and O–H groups in total. The second kappa shape index (κ2) is 6.63. The van der Waals surface area contributed by atoms with E-state index >= 15 is 0 Å². The summed E-state index contributed by atoms with van der Waals surface area (Å²) in [6.45, 7) is 3.61. The zero-order chi connectivity index (χ0) is 15.4. The van der Waals surface area contributed by atoms with Gasteiger partial charge in [0, 0.05) is 15.8 Å². The lowest BCUT2D eigenvalue weighted by atomic mass is 10.1. The van der Waals surface area contributed by atoms with E-state index < -0.39 is 6.10 Å². The van der Waals surface area contributed by atoms with Gasteiger partial charge in [-0.25, -0.2) is 0 Å². The van der Waals surface area contributed by atoms with Crippen LogP contribution in [-0.2, 0) is 4.79 Å². The van der Waals surface area contributed by atoms with E-state index in [1.165, 1.54) is 0 Å². The molecule has 0 saturated heterocycles. The van der Waals surface area contributed by atoms with Crippen LogP contribution in [0.4, 0.5) is 11.4 Å². The summed E-state index contributed by atoms with van der Waals surface area (Å²) in [7, 11) is 0. The van der Waals surface area contributed by atoms with Gasteiger partial charge in [0.1, 0.15) is 5.75 Å². The van der Waals surface area contributed by atoms with E-state index in [9.17, 15) is 4.79 Å². The minimum atomic E-state index is -0.594. The summed E-state index contributed by atoms with van der Waals surface area (Å²) >= 11 is 3.35. The van der Waals surface area contributed by atoms with Crippen molar-refractivity contribution in [3.63, 3.8) is 0 Å². The zero-order valence-electron chi connectivity index (χ0n) is 11.9. The van der Waals surface area contributed by atoms with E-state index in [2.05, 4.69) is 21.2 Å². The summed E-state index contributed by atoms with van der Waals surface area (Å²) in [5.41, 5.74) is 8.01. The molecule has 0 heterocycles. The number of halogens is 1. The number of rotatable bonds is 4. The molecule has 0 fully saturated rings. The average molecular weight is 349 g/mol. The number of benzene rings is 2. The van der Waals surface area contributed by atoms with E-state index in [-0.39, 0.29) is 5.91 Å². The van der Waals surface area contributed by atoms with Crippen molar-refractivity contribution >= 4 is 33.2 Å². The predicted octanol–water partition coefficient (Wildman–Crippen LogP) is 3.75. The van der Waals surface area contributed by atoms with Gasteiger partial charge in [0.2, 0.25) is 0 Å². The Morgan fingerprint density at radius 3 is 2.52 bits per heavy atom. The molecule has 0 bridgehead atoms. The summed E-state index contributed by atoms with van der Waals surface area (Å²) < 4.78 is 6.57. The van der Waals surface area contributed by atoms with E-state index in [0.717, 1.165) is 15.7 Å². The molecule has 2 aromatic rings. The maximum absolute atomic E-state index is 12.1. The van der Waals surface area contributed by atoms with Gasteiger partial charge < -0.3 is 15.8 Å². The number of hydrogen-bond donors (Lipinski definition) is 2. The number of hydrogen-bond acceptors (Lipinski definition) is 3. The first-order valence-electron chi connectivity index (χ1n) is 6.55. The SMILES string of the molecule is Cc1cc(N)ccc1NC(=O)C(C)Oc1ccc(Br)cc1. The average Bonchev–Trinajstić information content (AvgIpc) is 2.44. The predicted molar refractivity (Wildman–Crippen MR) is 88.5 cm³/mol. The second-order valence-corrected chi connectivity index (χ2v) is 5.69. The molecule has 1 amide bonds. The van der Waals surface area contributed by atoms with Crippen LogP contribution in [0, 0.1) is 6.92 Å². The van der Waals surface area contributed by atoms with Crippen molar-refractivity contribution in [1.82, 2.24) is 0 Å². The van der Waals surface area contributed by atoms with E-state index in [0.29, 0.717) is 11.4 Å². The van der Waals surface area contributed by atoms with Crippen molar-refractivity contribution < 1.29 is 9.53 Å². The van der Waals surface area contributed by atoms with Crippen molar-refractivity contribution in [2.24, 2.45) is 0 Å². The minimum absolute atomic E-state index is 0.203. The molecule has 110 valence electrons. The van der Waals surface area contributed by atoms with Gasteiger partial charge in [0.15, 0.2) is 6.10 Å². The van der Waals surface area contributed by atoms with Gasteiger partial charge >= 0.3 is 0 Å². The highest BCUT2D eigenvalue weighted by Crippen LogP contribution is 2.20. The van der Waals surface area contributed by atoms with Gasteiger partial charge in [-0.15, -0.1) is 0 Å². The van der Waals surface area contributed by atoms with E-state index in [4.69, 9.17) is 10.5 Å². The second-order valence-electron chi connectivity index (χ2n) is 4.78. The molecular weight excluding hydrogens is 332 g/mol. The van der Waals surface area contributed by atoms with Crippen LogP contribution in [0.25, 0.3) is 0 Å². The highest BCUT2D eigenvalue weighted by atomic mass is 79.9. The Morgan fingerprint density at radius 2 is 1.90 bits per heavy atom. The summed E-state index contributed by atoms with van der Waals surface area (Å²) in [5.74, 6) is 0.445. The smallest absolute Gasteiger partial charge is 0.265 e. The van der Waals surface area contributed by atoms with Crippen molar-refractivity contribution in [3.05, 3.63) is 52.5 Å². The maximum atomic E-state index is 12.1. The van der Waals surface area contributed by atoms with Crippen LogP contribution in [0.2, 0.25) is 0 Å². The molecule has 4 nitrogen and oxygen atoms in total. The Kier molecular flexibility index (Phi) is 4.85. The summed E-state index contributed by atoms with van der Waals surface area (Å²) in [6, 6.07) is 12.7. The Morgan fingerprint density at radius 1 is 1.24 bits per heavy atom. The fourth-order valence-corrected chi connectivity index (χ4v) is 2.10. The van der Waals surface area contributed by atoms with Crippen LogP contribution in [0.3, 0.4) is 0 Å². The molecule has 5 heteroatoms. The normalized spacial score (nSPS) is 11.8. The molecule has 0 aliphatic carbocycles. The van der Waals surface area contributed by atoms with Crippen molar-refractivity contribution in [2.45, 2.75) is 20.0 Å². The summed E-state index contributed by atoms with van der Waals surface area (Å²) in [6.07, 6.45) is -0.594. The molecule has 1 atom stereocenters. The van der Waals surface area contributed by atoms with Crippen LogP contribution in [0.15, 0.2) is 46.9 Å². The third-order valence-electron chi connectivity index (χ3n) is 3.00. The van der Waals surface area contributed by atoms with Crippen LogP contribution in [-0.4, -0.2) is 12.0 Å². The number of anilines is 2. The summed E-state index contributed by atoms with van der Waals surface area (Å²) in [5, 5.41) is 2.84. The Bertz CT molecular complexity index is 641. The van der Waals surface area contributed by atoms with Gasteiger partial charge in [0.25, 0.3) is 5.91 Å². The van der Waals surface area contributed by atoms with Crippen LogP contribution in [0.1, 0.15) is 12.5 Å². The lowest BCUT2D eigenvalue weighted by Crippen LogP contribution is -2.30. The van der Waals surface area contributed by atoms with Gasteiger partial charge in [-0.05, 0) is 61.9 Å². The van der Waals surface area contributed by atoms with Gasteiger partial charge in [-0.1, -0.05) is 15.9 Å². The standard InChI is InChI=1S/C16H17BrN2O2/c1-10-9-13(18)5-8-15(10)19-16(20)11(2)21-14-6-3-12(17)4-7-14/h3-9,11H,18H2,1-2H3,(H,19,20). The number of nitrogens with one attached hydrogen (secondary N) is 1.